The largest absolute Gasteiger partial charge is 0.311 e. The van der Waals surface area contributed by atoms with Crippen molar-refractivity contribution in [3.63, 3.8) is 0 Å². The van der Waals surface area contributed by atoms with E-state index in [1.807, 2.05) is 45.8 Å². The number of nitrogens with zero attached hydrogens (tertiary/aromatic N) is 4. The first-order chi connectivity index (χ1) is 20.6. The van der Waals surface area contributed by atoms with E-state index in [2.05, 4.69) is 110 Å². The molecule has 210 valence electrons. The molecule has 0 fully saturated rings. The number of benzene rings is 4. The summed E-state index contributed by atoms with van der Waals surface area (Å²) in [7, 11) is 0. The summed E-state index contributed by atoms with van der Waals surface area (Å²) < 4.78 is 3.95. The molecule has 0 unspecified atom stereocenters. The average Bonchev–Trinajstić information content (AvgIpc) is 3.66. The smallest absolute Gasteiger partial charge is 0.0972 e. The van der Waals surface area contributed by atoms with E-state index in [4.69, 9.17) is 10.2 Å². The molecule has 42 heavy (non-hydrogen) atoms. The molecule has 0 aliphatic carbocycles. The Morgan fingerprint density at radius 3 is 1.26 bits per heavy atom. The van der Waals surface area contributed by atoms with Crippen molar-refractivity contribution in [1.29, 1.82) is 0 Å². The second-order valence-electron chi connectivity index (χ2n) is 10.7. The normalized spacial score (nSPS) is 11.2. The van der Waals surface area contributed by atoms with Crippen LogP contribution in [0.4, 0.5) is 0 Å². The van der Waals surface area contributed by atoms with Crippen LogP contribution < -0.4 is 10.6 Å². The average molecular weight is 553 g/mol. The first-order valence-electron chi connectivity index (χ1n) is 14.5. The zero-order valence-electron chi connectivity index (χ0n) is 24.2. The lowest BCUT2D eigenvalue weighted by molar-refractivity contribution is 0.611. The van der Waals surface area contributed by atoms with Gasteiger partial charge in [0.25, 0.3) is 0 Å². The Morgan fingerprint density at radius 2 is 0.881 bits per heavy atom. The molecule has 0 amide bonds. The molecule has 6 rings (SSSR count). The molecule has 2 heterocycles. The molecule has 6 aromatic rings. The van der Waals surface area contributed by atoms with Gasteiger partial charge in [-0.3, -0.25) is 0 Å². The summed E-state index contributed by atoms with van der Waals surface area (Å²) in [5, 5.41) is 17.2. The van der Waals surface area contributed by atoms with Gasteiger partial charge in [-0.2, -0.15) is 10.2 Å². The maximum atomic E-state index is 4.96. The van der Waals surface area contributed by atoms with Crippen LogP contribution in [0.25, 0.3) is 33.9 Å². The first kappa shape index (κ1) is 27.4. The molecule has 0 radical (unpaired) electrons. The van der Waals surface area contributed by atoms with Crippen LogP contribution in [0.15, 0.2) is 122 Å². The van der Waals surface area contributed by atoms with E-state index in [0.29, 0.717) is 0 Å². The van der Waals surface area contributed by atoms with Crippen molar-refractivity contribution in [3.8, 4) is 33.9 Å². The minimum atomic E-state index is 0.734. The van der Waals surface area contributed by atoms with Crippen LogP contribution in [0, 0.1) is 13.8 Å². The Hall–Kier alpha value is -4.78. The highest BCUT2D eigenvalue weighted by Crippen LogP contribution is 2.25. The van der Waals surface area contributed by atoms with E-state index in [-0.39, 0.29) is 0 Å². The predicted molar refractivity (Wildman–Crippen MR) is 171 cm³/mol. The van der Waals surface area contributed by atoms with Crippen molar-refractivity contribution in [2.45, 2.75) is 26.9 Å². The van der Waals surface area contributed by atoms with Crippen LogP contribution in [-0.2, 0) is 13.1 Å². The van der Waals surface area contributed by atoms with Gasteiger partial charge in [0, 0.05) is 60.8 Å². The van der Waals surface area contributed by atoms with Gasteiger partial charge >= 0.3 is 0 Å². The second kappa shape index (κ2) is 12.8. The highest BCUT2D eigenvalue weighted by Gasteiger charge is 2.14. The number of nitrogens with one attached hydrogen (secondary N) is 2. The van der Waals surface area contributed by atoms with Crippen LogP contribution in [0.1, 0.15) is 22.3 Å². The van der Waals surface area contributed by atoms with E-state index in [9.17, 15) is 0 Å². The Morgan fingerprint density at radius 1 is 0.500 bits per heavy atom. The number of hydrogen-bond donors (Lipinski definition) is 2. The number of aromatic nitrogens is 4. The molecule has 2 aromatic heterocycles. The molecule has 0 bridgehead atoms. The standard InChI is InChI=1S/C36H36N6/c1-27-13-17-29(18-14-27)35-31(25-41(39-35)33-9-5-3-6-10-33)23-37-21-22-38-24-32-26-42(34-11-7-4-8-12-34)40-36(32)30-19-15-28(2)16-20-30/h3-20,25-26,37-38H,21-24H2,1-2H3. The van der Waals surface area contributed by atoms with Crippen molar-refractivity contribution >= 4 is 0 Å². The molecule has 0 saturated heterocycles. The third-order valence-electron chi connectivity index (χ3n) is 7.38. The minimum Gasteiger partial charge on any atom is -0.311 e. The van der Waals surface area contributed by atoms with Crippen LogP contribution >= 0.6 is 0 Å². The molecule has 4 aromatic carbocycles. The van der Waals surface area contributed by atoms with Crippen LogP contribution in [0.3, 0.4) is 0 Å². The van der Waals surface area contributed by atoms with Gasteiger partial charge in [-0.1, -0.05) is 96.1 Å². The zero-order chi connectivity index (χ0) is 28.7. The lowest BCUT2D eigenvalue weighted by atomic mass is 10.1. The number of para-hydroxylation sites is 2. The van der Waals surface area contributed by atoms with E-state index in [0.717, 1.165) is 60.1 Å². The summed E-state index contributed by atoms with van der Waals surface area (Å²) in [5.74, 6) is 0. The van der Waals surface area contributed by atoms with Crippen LogP contribution in [0.5, 0.6) is 0 Å². The van der Waals surface area contributed by atoms with Crippen LogP contribution in [0.2, 0.25) is 0 Å². The fraction of sp³-hybridized carbons (Fsp3) is 0.167. The fourth-order valence-corrected chi connectivity index (χ4v) is 5.04. The third-order valence-corrected chi connectivity index (χ3v) is 7.38. The van der Waals surface area contributed by atoms with E-state index < -0.39 is 0 Å². The Balaban J connectivity index is 1.11. The van der Waals surface area contributed by atoms with Crippen molar-refractivity contribution in [2.75, 3.05) is 13.1 Å². The maximum absolute atomic E-state index is 4.96. The van der Waals surface area contributed by atoms with E-state index >= 15 is 0 Å². The lowest BCUT2D eigenvalue weighted by Gasteiger charge is -2.08. The molecule has 0 aliphatic heterocycles. The molecular weight excluding hydrogens is 516 g/mol. The van der Waals surface area contributed by atoms with Gasteiger partial charge in [0.15, 0.2) is 0 Å². The highest BCUT2D eigenvalue weighted by molar-refractivity contribution is 5.64. The molecule has 0 saturated carbocycles. The van der Waals surface area contributed by atoms with Gasteiger partial charge in [-0.25, -0.2) is 9.36 Å². The number of hydrogen-bond acceptors (Lipinski definition) is 4. The first-order valence-corrected chi connectivity index (χ1v) is 14.5. The summed E-state index contributed by atoms with van der Waals surface area (Å²) in [5.41, 5.74) is 11.2. The van der Waals surface area contributed by atoms with E-state index in [1.54, 1.807) is 0 Å². The van der Waals surface area contributed by atoms with E-state index in [1.165, 1.54) is 22.3 Å². The Labute approximate surface area is 247 Å². The highest BCUT2D eigenvalue weighted by atomic mass is 15.3. The lowest BCUT2D eigenvalue weighted by Crippen LogP contribution is -2.26. The topological polar surface area (TPSA) is 59.7 Å². The van der Waals surface area contributed by atoms with Crippen molar-refractivity contribution in [1.82, 2.24) is 30.2 Å². The number of aryl methyl sites for hydroxylation is 2. The van der Waals surface area contributed by atoms with Gasteiger partial charge in [0.1, 0.15) is 0 Å². The molecule has 0 aliphatic rings. The molecule has 6 nitrogen and oxygen atoms in total. The molecular formula is C36H36N6. The zero-order valence-corrected chi connectivity index (χ0v) is 24.2. The monoisotopic (exact) mass is 552 g/mol. The predicted octanol–water partition coefficient (Wildman–Crippen LogP) is 6.89. The van der Waals surface area contributed by atoms with Crippen molar-refractivity contribution < 1.29 is 0 Å². The maximum Gasteiger partial charge on any atom is 0.0972 e. The Kier molecular flexibility index (Phi) is 8.36. The molecule has 0 atom stereocenters. The van der Waals surface area contributed by atoms with Crippen molar-refractivity contribution in [3.05, 3.63) is 144 Å². The van der Waals surface area contributed by atoms with Gasteiger partial charge in [0.05, 0.1) is 22.8 Å². The fourth-order valence-electron chi connectivity index (χ4n) is 5.04. The molecule has 6 heteroatoms. The molecule has 2 N–H and O–H groups in total. The van der Waals surface area contributed by atoms with Gasteiger partial charge in [-0.05, 0) is 38.1 Å². The Bertz CT molecular complexity index is 1590. The second-order valence-corrected chi connectivity index (χ2v) is 10.7. The van der Waals surface area contributed by atoms with Gasteiger partial charge in [-0.15, -0.1) is 0 Å². The third kappa shape index (κ3) is 6.41. The van der Waals surface area contributed by atoms with Crippen molar-refractivity contribution in [2.24, 2.45) is 0 Å². The van der Waals surface area contributed by atoms with Crippen LogP contribution in [-0.4, -0.2) is 32.7 Å². The summed E-state index contributed by atoms with van der Waals surface area (Å²) in [4.78, 5) is 0. The molecule has 0 spiro atoms. The summed E-state index contributed by atoms with van der Waals surface area (Å²) in [6.45, 7) is 7.35. The summed E-state index contributed by atoms with van der Waals surface area (Å²) in [6.07, 6.45) is 4.27. The SMILES string of the molecule is Cc1ccc(-c2nn(-c3ccccc3)cc2CNCCNCc2cn(-c3ccccc3)nc2-c2ccc(C)cc2)cc1. The number of rotatable bonds is 11. The van der Waals surface area contributed by atoms with Gasteiger partial charge in [0.2, 0.25) is 0 Å². The summed E-state index contributed by atoms with van der Waals surface area (Å²) in [6, 6.07) is 37.7. The quantitative estimate of drug-likeness (QED) is 0.172. The minimum absolute atomic E-state index is 0.734. The summed E-state index contributed by atoms with van der Waals surface area (Å²) >= 11 is 0. The van der Waals surface area contributed by atoms with Gasteiger partial charge < -0.3 is 10.6 Å².